The molecule has 1 aliphatic heterocycles. The van der Waals surface area contributed by atoms with Crippen molar-refractivity contribution in [2.75, 3.05) is 13.1 Å². The monoisotopic (exact) mass is 326 g/mol. The number of hydrogen-bond donors (Lipinski definition) is 2. The van der Waals surface area contributed by atoms with Gasteiger partial charge in [-0.25, -0.2) is 0 Å². The van der Waals surface area contributed by atoms with Crippen LogP contribution in [-0.2, 0) is 4.79 Å². The van der Waals surface area contributed by atoms with Gasteiger partial charge in [-0.05, 0) is 35.2 Å². The van der Waals surface area contributed by atoms with Crippen molar-refractivity contribution < 1.29 is 9.59 Å². The Morgan fingerprint density at radius 1 is 1.37 bits per heavy atom. The first kappa shape index (κ1) is 12.7. The second-order valence-corrected chi connectivity index (χ2v) is 6.01. The van der Waals surface area contributed by atoms with Crippen LogP contribution in [0.1, 0.15) is 41.4 Å². The lowest BCUT2D eigenvalue weighted by Crippen LogP contribution is -2.32. The van der Waals surface area contributed by atoms with Gasteiger partial charge in [-0.1, -0.05) is 0 Å². The van der Waals surface area contributed by atoms with E-state index < -0.39 is 0 Å². The molecule has 6 nitrogen and oxygen atoms in total. The van der Waals surface area contributed by atoms with Gasteiger partial charge in [0.05, 0.1) is 16.1 Å². The fraction of sp³-hybridized carbons (Fsp3) is 0.583. The third-order valence-corrected chi connectivity index (χ3v) is 4.60. The molecule has 7 heteroatoms. The smallest absolute Gasteiger partial charge is 0.275 e. The molecule has 3 N–H and O–H groups in total. The number of H-pyrrole nitrogens is 1. The number of hydrogen-bond acceptors (Lipinski definition) is 3. The average Bonchev–Trinajstić information content (AvgIpc) is 2.96. The van der Waals surface area contributed by atoms with Crippen molar-refractivity contribution in [3.05, 3.63) is 15.9 Å². The first-order valence-corrected chi connectivity index (χ1v) is 7.19. The van der Waals surface area contributed by atoms with E-state index in [9.17, 15) is 9.59 Å². The molecule has 1 aliphatic carbocycles. The summed E-state index contributed by atoms with van der Waals surface area (Å²) in [5.74, 6) is -0.209. The van der Waals surface area contributed by atoms with Gasteiger partial charge in [0, 0.05) is 19.0 Å². The molecule has 1 atom stereocenters. The van der Waals surface area contributed by atoms with Crippen LogP contribution in [0.2, 0.25) is 0 Å². The number of carbonyl (C=O) groups is 2. The molecule has 0 spiro atoms. The predicted octanol–water partition coefficient (Wildman–Crippen LogP) is 0.997. The minimum absolute atomic E-state index is 0.140. The third-order valence-electron chi connectivity index (χ3n) is 3.80. The van der Waals surface area contributed by atoms with E-state index in [2.05, 4.69) is 26.1 Å². The minimum Gasteiger partial charge on any atom is -0.369 e. The fourth-order valence-electron chi connectivity index (χ4n) is 2.45. The Hall–Kier alpha value is -1.37. The van der Waals surface area contributed by atoms with Gasteiger partial charge in [0.15, 0.2) is 5.69 Å². The number of rotatable bonds is 3. The van der Waals surface area contributed by atoms with Crippen molar-refractivity contribution in [3.63, 3.8) is 0 Å². The molecule has 1 saturated heterocycles. The Morgan fingerprint density at radius 3 is 2.68 bits per heavy atom. The molecule has 0 unspecified atom stereocenters. The van der Waals surface area contributed by atoms with E-state index in [0.29, 0.717) is 31.1 Å². The van der Waals surface area contributed by atoms with E-state index in [0.717, 1.165) is 23.0 Å². The highest BCUT2D eigenvalue weighted by atomic mass is 79.9. The number of halogens is 1. The van der Waals surface area contributed by atoms with Crippen LogP contribution in [-0.4, -0.2) is 40.0 Å². The van der Waals surface area contributed by atoms with Crippen LogP contribution in [0.3, 0.4) is 0 Å². The number of nitrogens with two attached hydrogens (primary N) is 1. The molecule has 102 valence electrons. The lowest BCUT2D eigenvalue weighted by Gasteiger charge is -2.14. The summed E-state index contributed by atoms with van der Waals surface area (Å²) in [4.78, 5) is 25.1. The Kier molecular flexibility index (Phi) is 3.08. The number of carbonyl (C=O) groups excluding carboxylic acids is 2. The summed E-state index contributed by atoms with van der Waals surface area (Å²) in [6.07, 6.45) is 2.92. The van der Waals surface area contributed by atoms with Gasteiger partial charge in [-0.3, -0.25) is 14.7 Å². The largest absolute Gasteiger partial charge is 0.369 e. The van der Waals surface area contributed by atoms with E-state index in [1.165, 1.54) is 0 Å². The summed E-state index contributed by atoms with van der Waals surface area (Å²) in [5.41, 5.74) is 6.69. The lowest BCUT2D eigenvalue weighted by molar-refractivity contribution is -0.121. The molecule has 3 rings (SSSR count). The van der Waals surface area contributed by atoms with Crippen LogP contribution < -0.4 is 5.73 Å². The van der Waals surface area contributed by atoms with E-state index in [1.54, 1.807) is 4.90 Å². The van der Waals surface area contributed by atoms with Crippen molar-refractivity contribution >= 4 is 27.7 Å². The van der Waals surface area contributed by atoms with E-state index in [1.807, 2.05) is 0 Å². The molecular weight excluding hydrogens is 312 g/mol. The molecule has 1 saturated carbocycles. The molecule has 19 heavy (non-hydrogen) atoms. The van der Waals surface area contributed by atoms with Gasteiger partial charge in [-0.15, -0.1) is 0 Å². The van der Waals surface area contributed by atoms with Gasteiger partial charge < -0.3 is 10.6 Å². The maximum atomic E-state index is 12.4. The zero-order valence-electron chi connectivity index (χ0n) is 10.4. The Balaban J connectivity index is 1.75. The molecular formula is C12H15BrN4O2. The second kappa shape index (κ2) is 4.63. The number of nitrogens with one attached hydrogen (secondary N) is 1. The first-order valence-electron chi connectivity index (χ1n) is 6.40. The second-order valence-electron chi connectivity index (χ2n) is 5.21. The Morgan fingerprint density at radius 2 is 2.11 bits per heavy atom. The summed E-state index contributed by atoms with van der Waals surface area (Å²) < 4.78 is 0.766. The van der Waals surface area contributed by atoms with Crippen LogP contribution in [0.15, 0.2) is 4.47 Å². The average molecular weight is 327 g/mol. The van der Waals surface area contributed by atoms with Crippen molar-refractivity contribution in [3.8, 4) is 0 Å². The summed E-state index contributed by atoms with van der Waals surface area (Å²) in [5, 5.41) is 7.05. The van der Waals surface area contributed by atoms with E-state index >= 15 is 0 Å². The van der Waals surface area contributed by atoms with E-state index in [4.69, 9.17) is 5.73 Å². The van der Waals surface area contributed by atoms with Crippen LogP contribution in [0.25, 0.3) is 0 Å². The van der Waals surface area contributed by atoms with Crippen molar-refractivity contribution in [1.29, 1.82) is 0 Å². The van der Waals surface area contributed by atoms with E-state index in [-0.39, 0.29) is 17.7 Å². The number of likely N-dealkylation sites (tertiary alicyclic amines) is 1. The maximum absolute atomic E-state index is 12.4. The zero-order chi connectivity index (χ0) is 13.6. The van der Waals surface area contributed by atoms with Crippen LogP contribution in [0.4, 0.5) is 0 Å². The molecule has 0 aromatic carbocycles. The quantitative estimate of drug-likeness (QED) is 0.867. The van der Waals surface area contributed by atoms with Crippen molar-refractivity contribution in [2.24, 2.45) is 11.7 Å². The molecule has 1 aromatic rings. The topological polar surface area (TPSA) is 92.1 Å². The molecule has 0 bridgehead atoms. The summed E-state index contributed by atoms with van der Waals surface area (Å²) in [6.45, 7) is 0.955. The molecule has 2 aliphatic rings. The highest BCUT2D eigenvalue weighted by Crippen LogP contribution is 2.43. The third kappa shape index (κ3) is 2.27. The molecule has 2 heterocycles. The first-order chi connectivity index (χ1) is 9.08. The highest BCUT2D eigenvalue weighted by Gasteiger charge is 2.35. The zero-order valence-corrected chi connectivity index (χ0v) is 11.9. The van der Waals surface area contributed by atoms with Crippen LogP contribution in [0.5, 0.6) is 0 Å². The Bertz CT molecular complexity index is 538. The van der Waals surface area contributed by atoms with Gasteiger partial charge in [0.1, 0.15) is 0 Å². The molecule has 1 aromatic heterocycles. The number of aromatic nitrogens is 2. The van der Waals surface area contributed by atoms with Crippen molar-refractivity contribution in [2.45, 2.75) is 25.2 Å². The van der Waals surface area contributed by atoms with Crippen molar-refractivity contribution in [1.82, 2.24) is 15.1 Å². The number of aromatic amines is 1. The minimum atomic E-state index is -0.338. The molecule has 2 amide bonds. The highest BCUT2D eigenvalue weighted by molar-refractivity contribution is 9.10. The number of nitrogens with zero attached hydrogens (tertiary/aromatic N) is 2. The van der Waals surface area contributed by atoms with Gasteiger partial charge >= 0.3 is 0 Å². The fourth-order valence-corrected chi connectivity index (χ4v) is 3.12. The lowest BCUT2D eigenvalue weighted by atomic mass is 10.1. The number of primary amides is 1. The Labute approximate surface area is 118 Å². The summed E-state index contributed by atoms with van der Waals surface area (Å²) >= 11 is 3.45. The predicted molar refractivity (Wildman–Crippen MR) is 71.5 cm³/mol. The van der Waals surface area contributed by atoms with Gasteiger partial charge in [-0.2, -0.15) is 5.10 Å². The summed E-state index contributed by atoms with van der Waals surface area (Å²) in [6, 6.07) is 0. The maximum Gasteiger partial charge on any atom is 0.275 e. The standard InChI is InChI=1S/C12H15BrN4O2/c13-8-9(6-1-2-6)15-16-10(8)12(19)17-4-3-7(5-17)11(14)18/h6-7H,1-5H2,(H2,14,18)(H,15,16)/t7-/m1/s1. The van der Waals surface area contributed by atoms with Crippen LogP contribution >= 0.6 is 15.9 Å². The van der Waals surface area contributed by atoms with Gasteiger partial charge in [0.25, 0.3) is 5.91 Å². The number of amides is 2. The summed E-state index contributed by atoms with van der Waals surface area (Å²) in [7, 11) is 0. The molecule has 2 fully saturated rings. The SMILES string of the molecule is NC(=O)[C@@H]1CCN(C(=O)c2n[nH]c(C3CC3)c2Br)C1. The van der Waals surface area contributed by atoms with Gasteiger partial charge in [0.2, 0.25) is 5.91 Å². The van der Waals surface area contributed by atoms with Crippen LogP contribution in [0, 0.1) is 5.92 Å². The normalized spacial score (nSPS) is 22.8. The molecule has 0 radical (unpaired) electrons.